The normalized spacial score (nSPS) is 41.6. The third-order valence-electron chi connectivity index (χ3n) is 6.59. The predicted octanol–water partition coefficient (Wildman–Crippen LogP) is 4.37. The molecular weight excluding hydrogens is 344 g/mol. The number of fused-ring (bicyclic) bond motifs is 5. The van der Waals surface area contributed by atoms with Gasteiger partial charge >= 0.3 is 0 Å². The maximum Gasteiger partial charge on any atom is 0.184 e. The minimum absolute atomic E-state index is 0.0448. The molecule has 2 bridgehead atoms. The van der Waals surface area contributed by atoms with Crippen LogP contribution in [0.5, 0.6) is 0 Å². The Balaban J connectivity index is 1.93. The highest BCUT2D eigenvalue weighted by atomic mass is 28.4. The van der Waals surface area contributed by atoms with Crippen LogP contribution in [0, 0.1) is 23.7 Å². The first-order valence-corrected chi connectivity index (χ1v) is 13.8. The van der Waals surface area contributed by atoms with Gasteiger partial charge in [-0.3, -0.25) is 9.59 Å². The third-order valence-corrected chi connectivity index (χ3v) is 7.69. The summed E-state index contributed by atoms with van der Waals surface area (Å²) in [5.74, 6) is 1.77. The fraction of sp³-hybridized carbons (Fsp3) is 0.905. The summed E-state index contributed by atoms with van der Waals surface area (Å²) in [5, 5.41) is 0. The number of carbonyl (C=O) groups excluding carboxylic acids is 2. The van der Waals surface area contributed by atoms with Crippen molar-refractivity contribution in [1.29, 1.82) is 0 Å². The molecule has 0 amide bonds. The molecule has 3 fully saturated rings. The molecule has 2 heterocycles. The Hall–Kier alpha value is -0.523. The van der Waals surface area contributed by atoms with Crippen LogP contribution in [0.4, 0.5) is 0 Å². The van der Waals surface area contributed by atoms with Gasteiger partial charge in [0.15, 0.2) is 8.32 Å². The van der Waals surface area contributed by atoms with Crippen molar-refractivity contribution in [2.24, 2.45) is 23.7 Å². The van der Waals surface area contributed by atoms with E-state index in [2.05, 4.69) is 40.4 Å². The Morgan fingerprint density at radius 3 is 2.46 bits per heavy atom. The van der Waals surface area contributed by atoms with Crippen LogP contribution in [0.3, 0.4) is 0 Å². The van der Waals surface area contributed by atoms with Gasteiger partial charge in [-0.15, -0.1) is 0 Å². The topological polar surface area (TPSA) is 52.6 Å². The zero-order valence-electron chi connectivity index (χ0n) is 17.3. The van der Waals surface area contributed by atoms with Gasteiger partial charge in [-0.1, -0.05) is 13.8 Å². The van der Waals surface area contributed by atoms with E-state index in [1.165, 1.54) is 0 Å². The van der Waals surface area contributed by atoms with Crippen LogP contribution in [0.1, 0.15) is 59.3 Å². The monoisotopic (exact) mass is 380 g/mol. The van der Waals surface area contributed by atoms with Crippen molar-refractivity contribution < 1.29 is 18.8 Å². The smallest absolute Gasteiger partial charge is 0.184 e. The number of rotatable bonds is 3. The summed E-state index contributed by atoms with van der Waals surface area (Å²) in [4.78, 5) is 25.5. The molecule has 0 aromatic heterocycles. The van der Waals surface area contributed by atoms with Gasteiger partial charge in [-0.25, -0.2) is 0 Å². The average Bonchev–Trinajstić information content (AvgIpc) is 2.84. The number of Topliss-reactive ketones (excluding diaryl/α,β-unsaturated/α-hetero) is 2. The molecule has 26 heavy (non-hydrogen) atoms. The highest BCUT2D eigenvalue weighted by molar-refractivity contribution is 6.69. The highest BCUT2D eigenvalue weighted by Gasteiger charge is 2.55. The van der Waals surface area contributed by atoms with E-state index in [1.54, 1.807) is 0 Å². The molecule has 0 radical (unpaired) electrons. The van der Waals surface area contributed by atoms with Crippen LogP contribution in [0.25, 0.3) is 0 Å². The number of hydrogen-bond donors (Lipinski definition) is 0. The number of ketones is 2. The van der Waals surface area contributed by atoms with Crippen LogP contribution in [-0.4, -0.2) is 37.7 Å². The van der Waals surface area contributed by atoms with Gasteiger partial charge in [0, 0.05) is 37.5 Å². The molecule has 0 unspecified atom stereocenters. The maximum atomic E-state index is 12.9. The summed E-state index contributed by atoms with van der Waals surface area (Å²) in [6.07, 6.45) is 3.94. The van der Waals surface area contributed by atoms with E-state index in [0.717, 1.165) is 19.3 Å². The highest BCUT2D eigenvalue weighted by Crippen LogP contribution is 2.50. The Morgan fingerprint density at radius 2 is 1.85 bits per heavy atom. The molecule has 3 aliphatic rings. The van der Waals surface area contributed by atoms with E-state index in [9.17, 15) is 9.59 Å². The van der Waals surface area contributed by atoms with Gasteiger partial charge in [-0.2, -0.15) is 0 Å². The lowest BCUT2D eigenvalue weighted by atomic mass is 9.63. The quantitative estimate of drug-likeness (QED) is 0.682. The molecule has 1 aliphatic carbocycles. The second kappa shape index (κ2) is 7.14. The van der Waals surface area contributed by atoms with Gasteiger partial charge in [0.05, 0.1) is 17.8 Å². The molecule has 5 heteroatoms. The second-order valence-corrected chi connectivity index (χ2v) is 14.8. The number of hydrogen-bond acceptors (Lipinski definition) is 4. The van der Waals surface area contributed by atoms with E-state index < -0.39 is 8.32 Å². The summed E-state index contributed by atoms with van der Waals surface area (Å²) in [7, 11) is -1.77. The van der Waals surface area contributed by atoms with Crippen molar-refractivity contribution in [3.8, 4) is 0 Å². The molecular formula is C21H36O4Si. The first-order chi connectivity index (χ1) is 12.0. The van der Waals surface area contributed by atoms with Crippen LogP contribution >= 0.6 is 0 Å². The first-order valence-electron chi connectivity index (χ1n) is 10.4. The van der Waals surface area contributed by atoms with Gasteiger partial charge in [-0.05, 0) is 51.2 Å². The van der Waals surface area contributed by atoms with Crippen molar-refractivity contribution >= 4 is 19.9 Å². The molecule has 3 rings (SSSR count). The molecule has 0 aromatic rings. The third kappa shape index (κ3) is 4.15. The standard InChI is InChI=1S/C21H36O4Si/c1-13(2)15-7-8-16(23)20-18-12-21(3,25-26(4,5)6)10-9-14(22)11-17(24-18)19(15)20/h13,15,17-20H,7-12H2,1-6H3/t15-,17+,18-,19+,20-,21+/m1/s1. The van der Waals surface area contributed by atoms with E-state index in [-0.39, 0.29) is 35.4 Å². The summed E-state index contributed by atoms with van der Waals surface area (Å²) in [5.41, 5.74) is -0.375. The van der Waals surface area contributed by atoms with Crippen molar-refractivity contribution in [3.05, 3.63) is 0 Å². The SMILES string of the molecule is CC(C)[C@H]1CCC(=O)[C@H]2[C@@H]1[C@@H]1CC(=O)CC[C@](C)(O[Si](C)(C)C)C[C@H]2O1. The molecule has 0 aromatic carbocycles. The van der Waals surface area contributed by atoms with Crippen LogP contribution < -0.4 is 0 Å². The maximum absolute atomic E-state index is 12.9. The second-order valence-electron chi connectivity index (χ2n) is 10.3. The minimum atomic E-state index is -1.77. The largest absolute Gasteiger partial charge is 0.412 e. The average molecular weight is 381 g/mol. The number of ether oxygens (including phenoxy) is 1. The van der Waals surface area contributed by atoms with E-state index >= 15 is 0 Å². The summed E-state index contributed by atoms with van der Waals surface area (Å²) < 4.78 is 13.0. The Labute approximate surface area is 159 Å². The van der Waals surface area contributed by atoms with Gasteiger partial charge in [0.2, 0.25) is 0 Å². The Bertz CT molecular complexity index is 567. The van der Waals surface area contributed by atoms with Crippen LogP contribution in [0.2, 0.25) is 19.6 Å². The first kappa shape index (κ1) is 20.2. The van der Waals surface area contributed by atoms with Crippen molar-refractivity contribution in [2.45, 2.75) is 96.7 Å². The zero-order chi connectivity index (χ0) is 19.3. The van der Waals surface area contributed by atoms with Crippen LogP contribution in [-0.2, 0) is 18.8 Å². The molecule has 2 aliphatic heterocycles. The van der Waals surface area contributed by atoms with Crippen molar-refractivity contribution in [3.63, 3.8) is 0 Å². The Kier molecular flexibility index (Phi) is 5.55. The van der Waals surface area contributed by atoms with Gasteiger partial charge < -0.3 is 9.16 Å². The molecule has 4 nitrogen and oxygen atoms in total. The molecule has 0 N–H and O–H groups in total. The zero-order valence-corrected chi connectivity index (χ0v) is 18.3. The minimum Gasteiger partial charge on any atom is -0.412 e. The molecule has 6 atom stereocenters. The molecule has 0 spiro atoms. The van der Waals surface area contributed by atoms with E-state index in [4.69, 9.17) is 9.16 Å². The van der Waals surface area contributed by atoms with Crippen molar-refractivity contribution in [1.82, 2.24) is 0 Å². The lowest BCUT2D eigenvalue weighted by Gasteiger charge is -2.41. The predicted molar refractivity (Wildman–Crippen MR) is 105 cm³/mol. The fourth-order valence-electron chi connectivity index (χ4n) is 5.74. The van der Waals surface area contributed by atoms with E-state index in [1.807, 2.05) is 0 Å². The van der Waals surface area contributed by atoms with Gasteiger partial charge in [0.1, 0.15) is 11.6 Å². The molecule has 148 valence electrons. The fourth-order valence-corrected chi connectivity index (χ4v) is 7.40. The summed E-state index contributed by atoms with van der Waals surface area (Å²) >= 11 is 0. The number of carbonyl (C=O) groups is 2. The summed E-state index contributed by atoms with van der Waals surface area (Å²) in [6, 6.07) is 0. The van der Waals surface area contributed by atoms with Gasteiger partial charge in [0.25, 0.3) is 0 Å². The lowest BCUT2D eigenvalue weighted by molar-refractivity contribution is -0.130. The molecule has 1 saturated carbocycles. The molecule has 2 saturated heterocycles. The Morgan fingerprint density at radius 1 is 1.15 bits per heavy atom. The summed E-state index contributed by atoms with van der Waals surface area (Å²) in [6.45, 7) is 13.2. The van der Waals surface area contributed by atoms with E-state index in [0.29, 0.717) is 36.9 Å². The lowest BCUT2D eigenvalue weighted by Crippen LogP contribution is -2.47. The van der Waals surface area contributed by atoms with Crippen molar-refractivity contribution in [2.75, 3.05) is 0 Å². The van der Waals surface area contributed by atoms with Crippen LogP contribution in [0.15, 0.2) is 0 Å².